The molecule has 2 aromatic rings. The van der Waals surface area contributed by atoms with Crippen LogP contribution in [0.25, 0.3) is 0 Å². The predicted octanol–water partition coefficient (Wildman–Crippen LogP) is 6.63. The smallest absolute Gasteiger partial charge is 0.221 e. The van der Waals surface area contributed by atoms with Gasteiger partial charge in [0.25, 0.3) is 0 Å². The molecule has 0 bridgehead atoms. The van der Waals surface area contributed by atoms with Gasteiger partial charge in [-0.2, -0.15) is 0 Å². The Hall–Kier alpha value is -1.23. The van der Waals surface area contributed by atoms with E-state index in [4.69, 9.17) is 27.9 Å². The first-order chi connectivity index (χ1) is 10.8. The third-order valence-electron chi connectivity index (χ3n) is 3.13. The Morgan fingerprint density at radius 2 is 1.78 bits per heavy atom. The highest BCUT2D eigenvalue weighted by Crippen LogP contribution is 2.40. The summed E-state index contributed by atoms with van der Waals surface area (Å²) >= 11 is 16.0. The van der Waals surface area contributed by atoms with E-state index in [0.717, 1.165) is 10.0 Å². The minimum absolute atomic E-state index is 0.194. The van der Waals surface area contributed by atoms with Gasteiger partial charge in [-0.15, -0.1) is 0 Å². The summed E-state index contributed by atoms with van der Waals surface area (Å²) in [6.45, 7) is 5.62. The van der Waals surface area contributed by atoms with E-state index in [-0.39, 0.29) is 5.91 Å². The van der Waals surface area contributed by atoms with Crippen LogP contribution >= 0.6 is 39.1 Å². The summed E-state index contributed by atoms with van der Waals surface area (Å²) in [5.74, 6) is 1.16. The number of amides is 1. The maximum Gasteiger partial charge on any atom is 0.221 e. The first-order valence-corrected chi connectivity index (χ1v) is 8.56. The molecule has 3 nitrogen and oxygen atoms in total. The SMILES string of the molecule is CC(=O)Nc1cc(Cl)c(Oc2ccc(Br)c(C(C)C)c2)c(Cl)c1. The lowest BCUT2D eigenvalue weighted by Gasteiger charge is -2.14. The summed E-state index contributed by atoms with van der Waals surface area (Å²) in [5.41, 5.74) is 1.66. The van der Waals surface area contributed by atoms with E-state index in [1.54, 1.807) is 12.1 Å². The second kappa shape index (κ2) is 7.56. The molecule has 0 unspecified atom stereocenters. The Balaban J connectivity index is 2.33. The van der Waals surface area contributed by atoms with Gasteiger partial charge in [-0.25, -0.2) is 0 Å². The van der Waals surface area contributed by atoms with Gasteiger partial charge in [0.1, 0.15) is 5.75 Å². The van der Waals surface area contributed by atoms with E-state index < -0.39 is 0 Å². The Bertz CT molecular complexity index is 724. The summed E-state index contributed by atoms with van der Waals surface area (Å²) in [6.07, 6.45) is 0. The average Bonchev–Trinajstić information content (AvgIpc) is 2.43. The molecular formula is C17H16BrCl2NO2. The molecule has 0 aliphatic heterocycles. The maximum absolute atomic E-state index is 11.1. The lowest BCUT2D eigenvalue weighted by molar-refractivity contribution is -0.114. The molecule has 6 heteroatoms. The lowest BCUT2D eigenvalue weighted by atomic mass is 10.0. The molecule has 0 atom stereocenters. The average molecular weight is 417 g/mol. The molecule has 0 radical (unpaired) electrons. The van der Waals surface area contributed by atoms with E-state index in [2.05, 4.69) is 35.1 Å². The van der Waals surface area contributed by atoms with Crippen molar-refractivity contribution in [3.63, 3.8) is 0 Å². The number of halogens is 3. The number of nitrogens with one attached hydrogen (secondary N) is 1. The van der Waals surface area contributed by atoms with Crippen LogP contribution in [-0.4, -0.2) is 5.91 Å². The quantitative estimate of drug-likeness (QED) is 0.607. The molecule has 0 aliphatic rings. The van der Waals surface area contributed by atoms with Crippen LogP contribution in [0.1, 0.15) is 32.3 Å². The van der Waals surface area contributed by atoms with Crippen molar-refractivity contribution in [1.29, 1.82) is 0 Å². The third kappa shape index (κ3) is 4.63. The predicted molar refractivity (Wildman–Crippen MR) is 99.1 cm³/mol. The molecule has 2 rings (SSSR count). The number of rotatable bonds is 4. The van der Waals surface area contributed by atoms with E-state index in [1.165, 1.54) is 6.92 Å². The topological polar surface area (TPSA) is 38.3 Å². The fourth-order valence-electron chi connectivity index (χ4n) is 2.08. The Morgan fingerprint density at radius 3 is 2.30 bits per heavy atom. The fourth-order valence-corrected chi connectivity index (χ4v) is 3.35. The highest BCUT2D eigenvalue weighted by molar-refractivity contribution is 9.10. The van der Waals surface area contributed by atoms with Gasteiger partial charge in [-0.3, -0.25) is 4.79 Å². The van der Waals surface area contributed by atoms with Crippen LogP contribution in [0.2, 0.25) is 10.0 Å². The van der Waals surface area contributed by atoms with Crippen LogP contribution in [0.15, 0.2) is 34.8 Å². The van der Waals surface area contributed by atoms with Crippen LogP contribution < -0.4 is 10.1 Å². The summed E-state index contributed by atoms with van der Waals surface area (Å²) in [5, 5.41) is 3.30. The van der Waals surface area contributed by atoms with Crippen LogP contribution in [-0.2, 0) is 4.79 Å². The van der Waals surface area contributed by atoms with E-state index in [9.17, 15) is 4.79 Å². The normalized spacial score (nSPS) is 10.7. The monoisotopic (exact) mass is 415 g/mol. The molecule has 2 aromatic carbocycles. The zero-order valence-electron chi connectivity index (χ0n) is 12.9. The van der Waals surface area contributed by atoms with E-state index >= 15 is 0 Å². The zero-order chi connectivity index (χ0) is 17.1. The number of anilines is 1. The summed E-state index contributed by atoms with van der Waals surface area (Å²) < 4.78 is 6.87. The highest BCUT2D eigenvalue weighted by atomic mass is 79.9. The number of benzene rings is 2. The largest absolute Gasteiger partial charge is 0.454 e. The molecule has 1 amide bonds. The van der Waals surface area contributed by atoms with Crippen LogP contribution in [0.4, 0.5) is 5.69 Å². The Morgan fingerprint density at radius 1 is 1.17 bits per heavy atom. The van der Waals surface area contributed by atoms with Crippen molar-refractivity contribution in [3.8, 4) is 11.5 Å². The number of carbonyl (C=O) groups is 1. The Labute approximate surface area is 154 Å². The number of hydrogen-bond donors (Lipinski definition) is 1. The fraction of sp³-hybridized carbons (Fsp3) is 0.235. The number of hydrogen-bond acceptors (Lipinski definition) is 2. The van der Waals surface area contributed by atoms with Crippen molar-refractivity contribution in [2.75, 3.05) is 5.32 Å². The van der Waals surface area contributed by atoms with Crippen molar-refractivity contribution in [2.45, 2.75) is 26.7 Å². The summed E-state index contributed by atoms with van der Waals surface area (Å²) in [6, 6.07) is 8.92. The number of ether oxygens (including phenoxy) is 1. The molecule has 1 N–H and O–H groups in total. The molecule has 0 spiro atoms. The first kappa shape index (κ1) is 18.1. The molecule has 0 aliphatic carbocycles. The van der Waals surface area contributed by atoms with Gasteiger partial charge < -0.3 is 10.1 Å². The standard InChI is InChI=1S/C17H16BrCl2NO2/c1-9(2)13-8-12(4-5-14(13)18)23-17-15(19)6-11(7-16(17)20)21-10(3)22/h4-9H,1-3H3,(H,21,22). The Kier molecular flexibility index (Phi) is 5.95. The van der Waals surface area contributed by atoms with Gasteiger partial charge in [0.2, 0.25) is 5.91 Å². The summed E-state index contributed by atoms with van der Waals surface area (Å²) in [4.78, 5) is 11.1. The van der Waals surface area contributed by atoms with Gasteiger partial charge >= 0.3 is 0 Å². The second-order valence-electron chi connectivity index (χ2n) is 5.39. The van der Waals surface area contributed by atoms with Crippen molar-refractivity contribution >= 4 is 50.7 Å². The molecular weight excluding hydrogens is 401 g/mol. The van der Waals surface area contributed by atoms with E-state index in [1.807, 2.05) is 18.2 Å². The van der Waals surface area contributed by atoms with Gasteiger partial charge in [0, 0.05) is 17.1 Å². The van der Waals surface area contributed by atoms with Crippen molar-refractivity contribution < 1.29 is 9.53 Å². The molecule has 23 heavy (non-hydrogen) atoms. The van der Waals surface area contributed by atoms with Crippen molar-refractivity contribution in [1.82, 2.24) is 0 Å². The van der Waals surface area contributed by atoms with Crippen molar-refractivity contribution in [3.05, 3.63) is 50.4 Å². The minimum atomic E-state index is -0.194. The van der Waals surface area contributed by atoms with Gasteiger partial charge in [0.15, 0.2) is 5.75 Å². The van der Waals surface area contributed by atoms with Crippen LogP contribution in [0, 0.1) is 0 Å². The van der Waals surface area contributed by atoms with Gasteiger partial charge in [0.05, 0.1) is 10.0 Å². The first-order valence-electron chi connectivity index (χ1n) is 7.02. The minimum Gasteiger partial charge on any atom is -0.454 e. The van der Waals surface area contributed by atoms with Gasteiger partial charge in [-0.05, 0) is 41.8 Å². The lowest BCUT2D eigenvalue weighted by Crippen LogP contribution is -2.05. The second-order valence-corrected chi connectivity index (χ2v) is 7.06. The zero-order valence-corrected chi connectivity index (χ0v) is 16.0. The van der Waals surface area contributed by atoms with Crippen molar-refractivity contribution in [2.24, 2.45) is 0 Å². The van der Waals surface area contributed by atoms with Crippen LogP contribution in [0.5, 0.6) is 11.5 Å². The molecule has 0 saturated heterocycles. The summed E-state index contributed by atoms with van der Waals surface area (Å²) in [7, 11) is 0. The molecule has 122 valence electrons. The molecule has 0 fully saturated rings. The molecule has 0 heterocycles. The molecule has 0 aromatic heterocycles. The van der Waals surface area contributed by atoms with Crippen LogP contribution in [0.3, 0.4) is 0 Å². The third-order valence-corrected chi connectivity index (χ3v) is 4.41. The number of carbonyl (C=O) groups excluding carboxylic acids is 1. The van der Waals surface area contributed by atoms with E-state index in [0.29, 0.717) is 33.1 Å². The molecule has 0 saturated carbocycles. The maximum atomic E-state index is 11.1. The highest BCUT2D eigenvalue weighted by Gasteiger charge is 2.13. The van der Waals surface area contributed by atoms with Gasteiger partial charge in [-0.1, -0.05) is 53.0 Å².